The van der Waals surface area contributed by atoms with Crippen LogP contribution in [0.4, 0.5) is 5.69 Å². The molecule has 0 radical (unpaired) electrons. The van der Waals surface area contributed by atoms with Crippen molar-refractivity contribution in [3.8, 4) is 0 Å². The zero-order valence-electron chi connectivity index (χ0n) is 12.9. The third-order valence-electron chi connectivity index (χ3n) is 4.26. The van der Waals surface area contributed by atoms with Gasteiger partial charge < -0.3 is 10.5 Å². The van der Waals surface area contributed by atoms with E-state index in [0.717, 1.165) is 24.8 Å². The number of nitrogens with two attached hydrogens (primary N) is 1. The third kappa shape index (κ3) is 3.75. The molecule has 1 aromatic carbocycles. The van der Waals surface area contributed by atoms with Gasteiger partial charge in [-0.1, -0.05) is 0 Å². The molecule has 3 N–H and O–H groups in total. The highest BCUT2D eigenvalue weighted by molar-refractivity contribution is 7.89. The Morgan fingerprint density at radius 1 is 1.33 bits per heavy atom. The lowest BCUT2D eigenvalue weighted by molar-refractivity contribution is 0.173. The number of hydrogen-bond acceptors (Lipinski definition) is 4. The fourth-order valence-corrected chi connectivity index (χ4v) is 3.98. The first-order valence-electron chi connectivity index (χ1n) is 7.15. The molecule has 0 spiro atoms. The number of methoxy groups -OCH3 is 1. The van der Waals surface area contributed by atoms with Crippen molar-refractivity contribution < 1.29 is 13.2 Å². The topological polar surface area (TPSA) is 81.4 Å². The third-order valence-corrected chi connectivity index (χ3v) is 5.79. The molecule has 1 aromatic rings. The molecule has 0 aliphatic heterocycles. The van der Waals surface area contributed by atoms with Crippen LogP contribution in [-0.4, -0.2) is 28.7 Å². The number of rotatable bonds is 7. The normalized spacial score (nSPS) is 16.9. The van der Waals surface area contributed by atoms with E-state index in [-0.39, 0.29) is 10.3 Å². The maximum Gasteiger partial charge on any atom is 0.240 e. The highest BCUT2D eigenvalue weighted by Gasteiger charge is 2.42. The summed E-state index contributed by atoms with van der Waals surface area (Å²) in [6.45, 7) is 4.71. The van der Waals surface area contributed by atoms with Crippen LogP contribution in [0.3, 0.4) is 0 Å². The summed E-state index contributed by atoms with van der Waals surface area (Å²) in [5, 5.41) is 0. The summed E-state index contributed by atoms with van der Waals surface area (Å²) in [6, 6.07) is 3.46. The van der Waals surface area contributed by atoms with Gasteiger partial charge >= 0.3 is 0 Å². The standard InChI is InChI=1S/C15H24N2O3S/c1-11-8-13(16)12(2)14(9-11)21(18,19)17-10-15(4-5-15)6-7-20-3/h8-9,17H,4-7,10,16H2,1-3H3. The predicted octanol–water partition coefficient (Wildman–Crippen LogP) is 1.98. The number of nitrogen functional groups attached to an aromatic ring is 1. The molecule has 0 heterocycles. The van der Waals surface area contributed by atoms with E-state index in [1.807, 2.05) is 6.92 Å². The summed E-state index contributed by atoms with van der Waals surface area (Å²) in [6.07, 6.45) is 2.99. The minimum Gasteiger partial charge on any atom is -0.398 e. The first-order valence-corrected chi connectivity index (χ1v) is 8.63. The van der Waals surface area contributed by atoms with Gasteiger partial charge in [-0.25, -0.2) is 13.1 Å². The molecule has 5 nitrogen and oxygen atoms in total. The van der Waals surface area contributed by atoms with Gasteiger partial charge in [0, 0.05) is 25.9 Å². The molecule has 118 valence electrons. The fourth-order valence-electron chi connectivity index (χ4n) is 2.47. The zero-order valence-corrected chi connectivity index (χ0v) is 13.7. The molecule has 2 rings (SSSR count). The molecular weight excluding hydrogens is 288 g/mol. The van der Waals surface area contributed by atoms with Gasteiger partial charge in [-0.05, 0) is 61.8 Å². The Kier molecular flexibility index (Phi) is 4.60. The lowest BCUT2D eigenvalue weighted by atomic mass is 10.0. The highest BCUT2D eigenvalue weighted by atomic mass is 32.2. The Bertz CT molecular complexity index is 622. The lowest BCUT2D eigenvalue weighted by Crippen LogP contribution is -2.31. The first-order chi connectivity index (χ1) is 9.80. The molecule has 0 bridgehead atoms. The quantitative estimate of drug-likeness (QED) is 0.754. The Labute approximate surface area is 126 Å². The largest absolute Gasteiger partial charge is 0.398 e. The van der Waals surface area contributed by atoms with Gasteiger partial charge in [0.2, 0.25) is 10.0 Å². The van der Waals surface area contributed by atoms with Crippen LogP contribution >= 0.6 is 0 Å². The second-order valence-electron chi connectivity index (χ2n) is 6.04. The second kappa shape index (κ2) is 5.94. The van der Waals surface area contributed by atoms with Crippen LogP contribution in [0.25, 0.3) is 0 Å². The van der Waals surface area contributed by atoms with Crippen molar-refractivity contribution in [3.05, 3.63) is 23.3 Å². The number of ether oxygens (including phenoxy) is 1. The van der Waals surface area contributed by atoms with Gasteiger partial charge in [-0.15, -0.1) is 0 Å². The van der Waals surface area contributed by atoms with Crippen LogP contribution < -0.4 is 10.5 Å². The lowest BCUT2D eigenvalue weighted by Gasteiger charge is -2.17. The molecule has 1 saturated carbocycles. The number of aryl methyl sites for hydroxylation is 1. The minimum absolute atomic E-state index is 0.0757. The van der Waals surface area contributed by atoms with E-state index in [4.69, 9.17) is 10.5 Å². The van der Waals surface area contributed by atoms with Gasteiger partial charge in [0.15, 0.2) is 0 Å². The van der Waals surface area contributed by atoms with Gasteiger partial charge in [0.1, 0.15) is 0 Å². The van der Waals surface area contributed by atoms with Crippen LogP contribution in [0, 0.1) is 19.3 Å². The average molecular weight is 312 g/mol. The fraction of sp³-hybridized carbons (Fsp3) is 0.600. The van der Waals surface area contributed by atoms with Crippen LogP contribution in [-0.2, 0) is 14.8 Å². The molecule has 0 amide bonds. The Balaban J connectivity index is 2.13. The summed E-state index contributed by atoms with van der Waals surface area (Å²) in [4.78, 5) is 0.280. The maximum atomic E-state index is 12.5. The summed E-state index contributed by atoms with van der Waals surface area (Å²) in [7, 11) is -1.86. The van der Waals surface area contributed by atoms with E-state index in [1.165, 1.54) is 0 Å². The van der Waals surface area contributed by atoms with Crippen LogP contribution in [0.15, 0.2) is 17.0 Å². The van der Waals surface area contributed by atoms with Gasteiger partial charge in [0.25, 0.3) is 0 Å². The van der Waals surface area contributed by atoms with E-state index < -0.39 is 10.0 Å². The van der Waals surface area contributed by atoms with Gasteiger partial charge in [-0.3, -0.25) is 0 Å². The number of hydrogen-bond donors (Lipinski definition) is 2. The number of anilines is 1. The Morgan fingerprint density at radius 3 is 2.57 bits per heavy atom. The van der Waals surface area contributed by atoms with Crippen molar-refractivity contribution in [3.63, 3.8) is 0 Å². The van der Waals surface area contributed by atoms with E-state index in [1.54, 1.807) is 26.2 Å². The Hall–Kier alpha value is -1.11. The molecular formula is C15H24N2O3S. The number of benzene rings is 1. The summed E-state index contributed by atoms with van der Waals surface area (Å²) >= 11 is 0. The van der Waals surface area contributed by atoms with Gasteiger partial charge in [0.05, 0.1) is 4.90 Å². The zero-order chi connectivity index (χ0) is 15.7. The molecule has 1 aliphatic carbocycles. The van der Waals surface area contributed by atoms with Crippen molar-refractivity contribution >= 4 is 15.7 Å². The smallest absolute Gasteiger partial charge is 0.240 e. The molecule has 0 unspecified atom stereocenters. The van der Waals surface area contributed by atoms with Crippen molar-refractivity contribution in [1.29, 1.82) is 0 Å². The number of nitrogens with one attached hydrogen (secondary N) is 1. The van der Waals surface area contributed by atoms with E-state index in [2.05, 4.69) is 4.72 Å². The predicted molar refractivity (Wildman–Crippen MR) is 83.7 cm³/mol. The SMILES string of the molecule is COCCC1(CNS(=O)(=O)c2cc(C)cc(N)c2C)CC1. The van der Waals surface area contributed by atoms with Crippen LogP contribution in [0.5, 0.6) is 0 Å². The number of sulfonamides is 1. The van der Waals surface area contributed by atoms with Gasteiger partial charge in [-0.2, -0.15) is 0 Å². The average Bonchev–Trinajstić information content (AvgIpc) is 3.19. The van der Waals surface area contributed by atoms with Crippen LogP contribution in [0.1, 0.15) is 30.4 Å². The minimum atomic E-state index is -3.52. The molecule has 0 aromatic heterocycles. The van der Waals surface area contributed by atoms with E-state index >= 15 is 0 Å². The maximum absolute atomic E-state index is 12.5. The molecule has 0 atom stereocenters. The van der Waals surface area contributed by atoms with Crippen molar-refractivity contribution in [2.24, 2.45) is 5.41 Å². The molecule has 0 saturated heterocycles. The molecule has 1 fully saturated rings. The highest BCUT2D eigenvalue weighted by Crippen LogP contribution is 2.48. The summed E-state index contributed by atoms with van der Waals surface area (Å²) in [5.41, 5.74) is 7.91. The van der Waals surface area contributed by atoms with E-state index in [9.17, 15) is 8.42 Å². The molecule has 6 heteroatoms. The molecule has 21 heavy (non-hydrogen) atoms. The van der Waals surface area contributed by atoms with Crippen molar-refractivity contribution in [2.75, 3.05) is 26.0 Å². The van der Waals surface area contributed by atoms with Crippen LogP contribution in [0.2, 0.25) is 0 Å². The Morgan fingerprint density at radius 2 is 2.00 bits per heavy atom. The summed E-state index contributed by atoms with van der Waals surface area (Å²) < 4.78 is 32.9. The van der Waals surface area contributed by atoms with Crippen molar-refractivity contribution in [1.82, 2.24) is 4.72 Å². The molecule has 1 aliphatic rings. The van der Waals surface area contributed by atoms with Crippen molar-refractivity contribution in [2.45, 2.75) is 38.0 Å². The summed E-state index contributed by atoms with van der Waals surface area (Å²) in [5.74, 6) is 0. The second-order valence-corrected chi connectivity index (χ2v) is 7.78. The first kappa shape index (κ1) is 16.3. The monoisotopic (exact) mass is 312 g/mol. The van der Waals surface area contributed by atoms with E-state index in [0.29, 0.717) is 24.4 Å².